The topological polar surface area (TPSA) is 84.5 Å². The summed E-state index contributed by atoms with van der Waals surface area (Å²) < 4.78 is 19.2. The summed E-state index contributed by atoms with van der Waals surface area (Å²) in [6.45, 7) is -1.09. The number of carbonyl (C=O) groups excluding carboxylic acids is 3. The Labute approximate surface area is 178 Å². The van der Waals surface area contributed by atoms with E-state index in [-0.39, 0.29) is 15.6 Å². The number of fused-ring (bicyclic) bond motifs is 1. The van der Waals surface area contributed by atoms with E-state index in [1.165, 1.54) is 23.5 Å². The minimum Gasteiger partial charge on any atom is -0.454 e. The Balaban J connectivity index is 1.48. The van der Waals surface area contributed by atoms with Gasteiger partial charge in [-0.15, -0.1) is 11.3 Å². The standard InChI is InChI=1S/C19H13Cl2FN2O4S/c20-10-5-6-13(12(22)7-10)24-15(25)9-28-16(26)8-23-19(27)18-17(21)11-3-1-2-4-14(11)29-18/h1-7H,8-9H2,(H,23,27)(H,24,25). The van der Waals surface area contributed by atoms with E-state index in [4.69, 9.17) is 27.9 Å². The summed E-state index contributed by atoms with van der Waals surface area (Å²) in [5.74, 6) is -2.81. The van der Waals surface area contributed by atoms with Crippen LogP contribution in [0.15, 0.2) is 42.5 Å². The maximum Gasteiger partial charge on any atom is 0.325 e. The molecule has 150 valence electrons. The molecule has 3 rings (SSSR count). The Kier molecular flexibility index (Phi) is 6.68. The number of rotatable bonds is 6. The smallest absolute Gasteiger partial charge is 0.325 e. The van der Waals surface area contributed by atoms with Crippen molar-refractivity contribution in [2.45, 2.75) is 0 Å². The predicted molar refractivity (Wildman–Crippen MR) is 110 cm³/mol. The van der Waals surface area contributed by atoms with Crippen molar-refractivity contribution in [3.05, 3.63) is 63.2 Å². The van der Waals surface area contributed by atoms with Crippen molar-refractivity contribution in [2.24, 2.45) is 0 Å². The normalized spacial score (nSPS) is 10.6. The van der Waals surface area contributed by atoms with Crippen LogP contribution in [-0.4, -0.2) is 30.9 Å². The van der Waals surface area contributed by atoms with Gasteiger partial charge in [0.2, 0.25) is 0 Å². The van der Waals surface area contributed by atoms with E-state index < -0.39 is 36.8 Å². The minimum absolute atomic E-state index is 0.0943. The molecule has 0 bridgehead atoms. The first-order valence-corrected chi connectivity index (χ1v) is 9.78. The first-order valence-electron chi connectivity index (χ1n) is 8.21. The molecule has 0 saturated heterocycles. The van der Waals surface area contributed by atoms with Crippen molar-refractivity contribution in [1.82, 2.24) is 5.32 Å². The molecule has 1 heterocycles. The summed E-state index contributed by atoms with van der Waals surface area (Å²) in [7, 11) is 0. The number of hydrogen-bond donors (Lipinski definition) is 2. The van der Waals surface area contributed by atoms with Crippen molar-refractivity contribution in [1.29, 1.82) is 0 Å². The van der Waals surface area contributed by atoms with Crippen LogP contribution in [0.3, 0.4) is 0 Å². The van der Waals surface area contributed by atoms with E-state index >= 15 is 0 Å². The summed E-state index contributed by atoms with van der Waals surface area (Å²) in [5.41, 5.74) is -0.0943. The van der Waals surface area contributed by atoms with Gasteiger partial charge in [0, 0.05) is 15.1 Å². The monoisotopic (exact) mass is 454 g/mol. The van der Waals surface area contributed by atoms with Gasteiger partial charge in [-0.25, -0.2) is 4.39 Å². The Morgan fingerprint density at radius 1 is 1.10 bits per heavy atom. The summed E-state index contributed by atoms with van der Waals surface area (Å²) in [6, 6.07) is 11.0. The van der Waals surface area contributed by atoms with E-state index in [2.05, 4.69) is 10.6 Å². The van der Waals surface area contributed by atoms with Crippen LogP contribution in [-0.2, 0) is 14.3 Å². The van der Waals surface area contributed by atoms with E-state index in [1.54, 1.807) is 12.1 Å². The van der Waals surface area contributed by atoms with Crippen molar-refractivity contribution in [2.75, 3.05) is 18.5 Å². The van der Waals surface area contributed by atoms with Crippen LogP contribution in [0.2, 0.25) is 10.0 Å². The fraction of sp³-hybridized carbons (Fsp3) is 0.105. The van der Waals surface area contributed by atoms with E-state index in [1.807, 2.05) is 12.1 Å². The maximum atomic E-state index is 13.6. The van der Waals surface area contributed by atoms with Crippen molar-refractivity contribution >= 4 is 68.1 Å². The molecule has 2 aromatic carbocycles. The third kappa shape index (κ3) is 5.23. The molecule has 1 aromatic heterocycles. The number of carbonyl (C=O) groups is 3. The molecule has 29 heavy (non-hydrogen) atoms. The second kappa shape index (κ2) is 9.21. The van der Waals surface area contributed by atoms with Gasteiger partial charge in [0.25, 0.3) is 11.8 Å². The molecule has 0 spiro atoms. The molecule has 0 aliphatic heterocycles. The highest BCUT2D eigenvalue weighted by Crippen LogP contribution is 2.34. The Hall–Kier alpha value is -2.68. The number of benzene rings is 2. The van der Waals surface area contributed by atoms with Gasteiger partial charge in [-0.1, -0.05) is 41.4 Å². The molecule has 10 heteroatoms. The summed E-state index contributed by atoms with van der Waals surface area (Å²) in [4.78, 5) is 36.1. The highest BCUT2D eigenvalue weighted by Gasteiger charge is 2.18. The molecule has 0 unspecified atom stereocenters. The van der Waals surface area contributed by atoms with Gasteiger partial charge in [0.05, 0.1) is 10.7 Å². The Bertz CT molecular complexity index is 1100. The van der Waals surface area contributed by atoms with Gasteiger partial charge >= 0.3 is 5.97 Å². The lowest BCUT2D eigenvalue weighted by Gasteiger charge is -2.08. The minimum atomic E-state index is -0.831. The highest BCUT2D eigenvalue weighted by atomic mass is 35.5. The van der Waals surface area contributed by atoms with Gasteiger partial charge < -0.3 is 15.4 Å². The van der Waals surface area contributed by atoms with Crippen LogP contribution in [0.4, 0.5) is 10.1 Å². The second-order valence-corrected chi connectivity index (χ2v) is 7.62. The molecular weight excluding hydrogens is 442 g/mol. The fourth-order valence-corrected chi connectivity index (χ4v) is 3.96. The maximum absolute atomic E-state index is 13.6. The largest absolute Gasteiger partial charge is 0.454 e. The Morgan fingerprint density at radius 2 is 1.86 bits per heavy atom. The van der Waals surface area contributed by atoms with Crippen LogP contribution >= 0.6 is 34.5 Å². The average Bonchev–Trinajstić information content (AvgIpc) is 3.04. The number of ether oxygens (including phenoxy) is 1. The quantitative estimate of drug-likeness (QED) is 0.545. The molecule has 0 radical (unpaired) electrons. The zero-order valence-electron chi connectivity index (χ0n) is 14.6. The molecule has 2 N–H and O–H groups in total. The first kappa shape index (κ1) is 21.0. The third-order valence-electron chi connectivity index (χ3n) is 3.70. The number of amides is 2. The number of hydrogen-bond acceptors (Lipinski definition) is 5. The molecule has 0 saturated carbocycles. The lowest BCUT2D eigenvalue weighted by molar-refractivity contribution is -0.146. The van der Waals surface area contributed by atoms with Crippen LogP contribution in [0.25, 0.3) is 10.1 Å². The predicted octanol–water partition coefficient (Wildman–Crippen LogP) is 4.26. The molecule has 6 nitrogen and oxygen atoms in total. The summed E-state index contributed by atoms with van der Waals surface area (Å²) in [6.07, 6.45) is 0. The van der Waals surface area contributed by atoms with Gasteiger partial charge in [-0.2, -0.15) is 0 Å². The molecule has 2 amide bonds. The van der Waals surface area contributed by atoms with Crippen molar-refractivity contribution in [3.8, 4) is 0 Å². The van der Waals surface area contributed by atoms with Crippen LogP contribution in [0, 0.1) is 5.82 Å². The fourth-order valence-electron chi connectivity index (χ4n) is 2.37. The second-order valence-electron chi connectivity index (χ2n) is 5.76. The summed E-state index contributed by atoms with van der Waals surface area (Å²) in [5, 5.41) is 5.88. The average molecular weight is 455 g/mol. The summed E-state index contributed by atoms with van der Waals surface area (Å²) >= 11 is 13.0. The van der Waals surface area contributed by atoms with Crippen molar-refractivity contribution < 1.29 is 23.5 Å². The third-order valence-corrected chi connectivity index (χ3v) is 5.61. The molecule has 0 atom stereocenters. The zero-order valence-corrected chi connectivity index (χ0v) is 17.0. The zero-order chi connectivity index (χ0) is 21.0. The molecule has 3 aromatic rings. The van der Waals surface area contributed by atoms with Gasteiger partial charge in [-0.3, -0.25) is 14.4 Å². The van der Waals surface area contributed by atoms with Gasteiger partial charge in [0.15, 0.2) is 6.61 Å². The number of halogens is 3. The molecular formula is C19H13Cl2FN2O4S. The van der Waals surface area contributed by atoms with Gasteiger partial charge in [-0.05, 0) is 24.3 Å². The molecule has 0 fully saturated rings. The molecule has 0 aliphatic carbocycles. The van der Waals surface area contributed by atoms with Crippen LogP contribution in [0.5, 0.6) is 0 Å². The molecule has 0 aliphatic rings. The Morgan fingerprint density at radius 3 is 2.59 bits per heavy atom. The van der Waals surface area contributed by atoms with Crippen LogP contribution < -0.4 is 10.6 Å². The van der Waals surface area contributed by atoms with Crippen LogP contribution in [0.1, 0.15) is 9.67 Å². The number of esters is 1. The van der Waals surface area contributed by atoms with Crippen molar-refractivity contribution in [3.63, 3.8) is 0 Å². The number of anilines is 1. The highest BCUT2D eigenvalue weighted by molar-refractivity contribution is 7.21. The number of thiophene rings is 1. The lowest BCUT2D eigenvalue weighted by Crippen LogP contribution is -2.32. The number of nitrogens with one attached hydrogen (secondary N) is 2. The van der Waals surface area contributed by atoms with E-state index in [0.717, 1.165) is 16.2 Å². The first-order chi connectivity index (χ1) is 13.8. The van der Waals surface area contributed by atoms with Gasteiger partial charge in [0.1, 0.15) is 17.2 Å². The van der Waals surface area contributed by atoms with E-state index in [0.29, 0.717) is 5.02 Å². The lowest BCUT2D eigenvalue weighted by atomic mass is 10.2. The SMILES string of the molecule is O=C(COC(=O)CNC(=O)c1sc2ccccc2c1Cl)Nc1ccc(Cl)cc1F. The van der Waals surface area contributed by atoms with E-state index in [9.17, 15) is 18.8 Å².